The Labute approximate surface area is 148 Å². The molecule has 0 aromatic carbocycles. The highest BCUT2D eigenvalue weighted by Gasteiger charge is 2.32. The number of carbonyl (C=O) groups is 2. The smallest absolute Gasteiger partial charge is 0.332 e. The van der Waals surface area contributed by atoms with Gasteiger partial charge in [0.15, 0.2) is 0 Å². The molecule has 1 amide bonds. The van der Waals surface area contributed by atoms with Gasteiger partial charge in [-0.1, -0.05) is 6.92 Å². The lowest BCUT2D eigenvalue weighted by molar-refractivity contribution is -0.143. The molecule has 1 aliphatic heterocycles. The Morgan fingerprint density at radius 3 is 2.54 bits per heavy atom. The molecular formula is C17H20N4O5. The minimum Gasteiger partial charge on any atom is -0.481 e. The molecule has 3 rings (SSSR count). The van der Waals surface area contributed by atoms with Crippen molar-refractivity contribution in [3.8, 4) is 0 Å². The van der Waals surface area contributed by atoms with E-state index in [0.29, 0.717) is 13.0 Å². The molecule has 3 heterocycles. The fourth-order valence-corrected chi connectivity index (χ4v) is 3.46. The predicted molar refractivity (Wildman–Crippen MR) is 93.0 cm³/mol. The SMILES string of the molecule is CC1CC(C(=O)O)CN(C(=O)c2cnc3c(c2)c(=O)n(C)c(=O)n3C)C1. The summed E-state index contributed by atoms with van der Waals surface area (Å²) in [7, 11) is 2.87. The molecule has 138 valence electrons. The van der Waals surface area contributed by atoms with Crippen LogP contribution in [0.4, 0.5) is 0 Å². The van der Waals surface area contributed by atoms with Crippen molar-refractivity contribution in [3.63, 3.8) is 0 Å². The van der Waals surface area contributed by atoms with Crippen LogP contribution < -0.4 is 11.2 Å². The number of hydrogen-bond acceptors (Lipinski definition) is 5. The van der Waals surface area contributed by atoms with Gasteiger partial charge in [-0.25, -0.2) is 9.78 Å². The van der Waals surface area contributed by atoms with Crippen molar-refractivity contribution >= 4 is 22.9 Å². The Balaban J connectivity index is 2.03. The van der Waals surface area contributed by atoms with Gasteiger partial charge in [0.2, 0.25) is 0 Å². The van der Waals surface area contributed by atoms with Gasteiger partial charge in [0.1, 0.15) is 5.65 Å². The first-order valence-electron chi connectivity index (χ1n) is 8.28. The maximum Gasteiger partial charge on any atom is 0.332 e. The van der Waals surface area contributed by atoms with Gasteiger partial charge in [0.05, 0.1) is 16.9 Å². The number of aromatic nitrogens is 3. The Bertz CT molecular complexity index is 1020. The van der Waals surface area contributed by atoms with Crippen LogP contribution in [-0.2, 0) is 18.9 Å². The van der Waals surface area contributed by atoms with Crippen LogP contribution in [0, 0.1) is 11.8 Å². The molecule has 1 aliphatic rings. The number of piperidine rings is 1. The van der Waals surface area contributed by atoms with Gasteiger partial charge in [-0.2, -0.15) is 0 Å². The van der Waals surface area contributed by atoms with Crippen molar-refractivity contribution in [2.75, 3.05) is 13.1 Å². The molecule has 1 fully saturated rings. The number of nitrogens with zero attached hydrogens (tertiary/aromatic N) is 4. The Hall–Kier alpha value is -2.97. The normalized spacial score (nSPS) is 20.3. The Morgan fingerprint density at radius 2 is 1.88 bits per heavy atom. The number of aliphatic carboxylic acids is 1. The summed E-state index contributed by atoms with van der Waals surface area (Å²) >= 11 is 0. The van der Waals surface area contributed by atoms with Crippen LogP contribution in [0.5, 0.6) is 0 Å². The van der Waals surface area contributed by atoms with E-state index in [4.69, 9.17) is 0 Å². The number of fused-ring (bicyclic) bond motifs is 1. The van der Waals surface area contributed by atoms with Crippen molar-refractivity contribution in [1.29, 1.82) is 0 Å². The van der Waals surface area contributed by atoms with E-state index in [1.807, 2.05) is 6.92 Å². The van der Waals surface area contributed by atoms with Gasteiger partial charge >= 0.3 is 11.7 Å². The van der Waals surface area contributed by atoms with E-state index in [2.05, 4.69) is 4.98 Å². The van der Waals surface area contributed by atoms with E-state index in [-0.39, 0.29) is 35.0 Å². The zero-order chi connectivity index (χ0) is 19.2. The number of rotatable bonds is 2. The average Bonchev–Trinajstić information content (AvgIpc) is 2.63. The molecule has 0 spiro atoms. The number of hydrogen-bond donors (Lipinski definition) is 1. The third-order valence-corrected chi connectivity index (χ3v) is 4.84. The Kier molecular flexibility index (Phi) is 4.39. The second kappa shape index (κ2) is 6.40. The van der Waals surface area contributed by atoms with Crippen LogP contribution in [0.15, 0.2) is 21.9 Å². The van der Waals surface area contributed by atoms with E-state index in [1.165, 1.54) is 35.8 Å². The number of aryl methyl sites for hydroxylation is 1. The Morgan fingerprint density at radius 1 is 1.19 bits per heavy atom. The third-order valence-electron chi connectivity index (χ3n) is 4.84. The molecule has 2 atom stereocenters. The summed E-state index contributed by atoms with van der Waals surface area (Å²) < 4.78 is 2.20. The quantitative estimate of drug-likeness (QED) is 0.794. The van der Waals surface area contributed by atoms with Crippen LogP contribution >= 0.6 is 0 Å². The minimum absolute atomic E-state index is 0.0657. The molecule has 2 aromatic rings. The molecule has 9 heteroatoms. The summed E-state index contributed by atoms with van der Waals surface area (Å²) in [6.07, 6.45) is 1.84. The van der Waals surface area contributed by atoms with Crippen LogP contribution in [0.2, 0.25) is 0 Å². The highest BCUT2D eigenvalue weighted by Crippen LogP contribution is 2.23. The topological polar surface area (TPSA) is 114 Å². The zero-order valence-corrected chi connectivity index (χ0v) is 14.8. The molecule has 1 N–H and O–H groups in total. The lowest BCUT2D eigenvalue weighted by Gasteiger charge is -2.34. The monoisotopic (exact) mass is 360 g/mol. The summed E-state index contributed by atoms with van der Waals surface area (Å²) in [6.45, 7) is 2.48. The van der Waals surface area contributed by atoms with Gasteiger partial charge in [0.25, 0.3) is 11.5 Å². The van der Waals surface area contributed by atoms with Gasteiger partial charge in [-0.3, -0.25) is 23.5 Å². The van der Waals surface area contributed by atoms with Crippen LogP contribution in [0.25, 0.3) is 11.0 Å². The fourth-order valence-electron chi connectivity index (χ4n) is 3.46. The number of carbonyl (C=O) groups excluding carboxylic acids is 1. The minimum atomic E-state index is -0.921. The van der Waals surface area contributed by atoms with Crippen molar-refractivity contribution in [1.82, 2.24) is 19.0 Å². The molecule has 0 aliphatic carbocycles. The first-order chi connectivity index (χ1) is 12.2. The summed E-state index contributed by atoms with van der Waals surface area (Å²) in [6, 6.07) is 1.42. The number of carboxylic acid groups (broad SMARTS) is 1. The number of likely N-dealkylation sites (tertiary alicyclic amines) is 1. The fraction of sp³-hybridized carbons (Fsp3) is 0.471. The van der Waals surface area contributed by atoms with Crippen molar-refractivity contribution < 1.29 is 14.7 Å². The second-order valence-electron chi connectivity index (χ2n) is 6.89. The molecule has 2 aromatic heterocycles. The van der Waals surface area contributed by atoms with Crippen molar-refractivity contribution in [3.05, 3.63) is 38.7 Å². The largest absolute Gasteiger partial charge is 0.481 e. The van der Waals surface area contributed by atoms with Gasteiger partial charge in [0, 0.05) is 33.4 Å². The second-order valence-corrected chi connectivity index (χ2v) is 6.89. The number of carboxylic acids is 1. The number of pyridine rings is 1. The molecule has 1 saturated heterocycles. The van der Waals surface area contributed by atoms with Crippen molar-refractivity contribution in [2.24, 2.45) is 25.9 Å². The summed E-state index contributed by atoms with van der Waals surface area (Å²) in [4.78, 5) is 54.0. The lowest BCUT2D eigenvalue weighted by Crippen LogP contribution is -2.45. The van der Waals surface area contributed by atoms with Gasteiger partial charge < -0.3 is 10.0 Å². The summed E-state index contributed by atoms with van der Waals surface area (Å²) in [5.74, 6) is -1.83. The molecule has 2 unspecified atom stereocenters. The highest BCUT2D eigenvalue weighted by molar-refractivity contribution is 5.97. The first kappa shape index (κ1) is 17.8. The van der Waals surface area contributed by atoms with E-state index in [9.17, 15) is 24.3 Å². The van der Waals surface area contributed by atoms with Gasteiger partial charge in [-0.15, -0.1) is 0 Å². The van der Waals surface area contributed by atoms with E-state index < -0.39 is 23.1 Å². The number of amides is 1. The maximum atomic E-state index is 12.8. The summed E-state index contributed by atoms with van der Waals surface area (Å²) in [5, 5.41) is 9.43. The zero-order valence-electron chi connectivity index (χ0n) is 14.8. The molecule has 0 saturated carbocycles. The molecule has 0 bridgehead atoms. The van der Waals surface area contributed by atoms with E-state index in [0.717, 1.165) is 4.57 Å². The van der Waals surface area contributed by atoms with Gasteiger partial charge in [-0.05, 0) is 18.4 Å². The van der Waals surface area contributed by atoms with E-state index >= 15 is 0 Å². The first-order valence-corrected chi connectivity index (χ1v) is 8.28. The molecule has 26 heavy (non-hydrogen) atoms. The molecule has 9 nitrogen and oxygen atoms in total. The van der Waals surface area contributed by atoms with Crippen LogP contribution in [0.1, 0.15) is 23.7 Å². The van der Waals surface area contributed by atoms with Crippen LogP contribution in [0.3, 0.4) is 0 Å². The predicted octanol–water partition coefficient (Wildman–Crippen LogP) is -0.185. The summed E-state index contributed by atoms with van der Waals surface area (Å²) in [5.41, 5.74) is -0.625. The maximum absolute atomic E-state index is 12.8. The molecular weight excluding hydrogens is 340 g/mol. The average molecular weight is 360 g/mol. The van der Waals surface area contributed by atoms with E-state index in [1.54, 1.807) is 0 Å². The standard InChI is InChI=1S/C17H20N4O5/c1-9-4-11(16(24)25)8-21(7-9)14(22)10-5-12-13(18-6-10)19(2)17(26)20(3)15(12)23/h5-6,9,11H,4,7-8H2,1-3H3,(H,24,25). The van der Waals surface area contributed by atoms with Crippen molar-refractivity contribution in [2.45, 2.75) is 13.3 Å². The lowest BCUT2D eigenvalue weighted by atomic mass is 9.90. The molecule has 0 radical (unpaired) electrons. The highest BCUT2D eigenvalue weighted by atomic mass is 16.4. The van der Waals surface area contributed by atoms with Crippen LogP contribution in [-0.4, -0.2) is 49.1 Å². The third kappa shape index (κ3) is 2.89.